The first-order valence-corrected chi connectivity index (χ1v) is 10.6. The Bertz CT molecular complexity index is 1220. The van der Waals surface area contributed by atoms with E-state index in [1.54, 1.807) is 18.2 Å². The van der Waals surface area contributed by atoms with Crippen molar-refractivity contribution in [2.45, 2.75) is 6.10 Å². The molecule has 2 heterocycles. The second kappa shape index (κ2) is 10.1. The fraction of sp³-hybridized carbons (Fsp3) is 0.208. The third-order valence-corrected chi connectivity index (χ3v) is 5.16. The Labute approximate surface area is 199 Å². The lowest BCUT2D eigenvalue weighted by molar-refractivity contribution is -0.123. The van der Waals surface area contributed by atoms with E-state index in [4.69, 9.17) is 14.2 Å². The minimum Gasteiger partial charge on any atom is -0.486 e. The number of benzene rings is 2. The van der Waals surface area contributed by atoms with Crippen LogP contribution in [0.3, 0.4) is 0 Å². The van der Waals surface area contributed by atoms with E-state index in [0.29, 0.717) is 11.5 Å². The number of imide groups is 2. The number of nitrogens with one attached hydrogen (secondary N) is 2. The molecule has 1 unspecified atom stereocenters. The summed E-state index contributed by atoms with van der Waals surface area (Å²) in [5.74, 6) is -1.61. The van der Waals surface area contributed by atoms with Crippen molar-refractivity contribution in [3.05, 3.63) is 71.8 Å². The summed E-state index contributed by atoms with van der Waals surface area (Å²) in [6.45, 7) is 3.13. The van der Waals surface area contributed by atoms with Crippen molar-refractivity contribution in [2.75, 3.05) is 26.3 Å². The van der Waals surface area contributed by atoms with Crippen molar-refractivity contribution in [3.8, 4) is 11.5 Å². The van der Waals surface area contributed by atoms with Gasteiger partial charge in [-0.2, -0.15) is 0 Å². The fourth-order valence-corrected chi connectivity index (χ4v) is 3.50. The Morgan fingerprint density at radius 1 is 1.09 bits per heavy atom. The number of urea groups is 1. The lowest BCUT2D eigenvalue weighted by Gasteiger charge is -2.26. The molecule has 0 spiro atoms. The number of para-hydroxylation sites is 2. The van der Waals surface area contributed by atoms with Gasteiger partial charge >= 0.3 is 12.0 Å². The van der Waals surface area contributed by atoms with E-state index in [0.717, 1.165) is 4.90 Å². The van der Waals surface area contributed by atoms with Gasteiger partial charge in [0.15, 0.2) is 24.2 Å². The molecule has 0 bridgehead atoms. The molecule has 11 nitrogen and oxygen atoms in total. The summed E-state index contributed by atoms with van der Waals surface area (Å²) in [6.07, 6.45) is 0.973. The van der Waals surface area contributed by atoms with E-state index < -0.39 is 42.4 Å². The topological polar surface area (TPSA) is 140 Å². The number of carbonyl (C=O) groups is 5. The van der Waals surface area contributed by atoms with Gasteiger partial charge < -0.3 is 19.5 Å². The highest BCUT2D eigenvalue weighted by molar-refractivity contribution is 6.22. The summed E-state index contributed by atoms with van der Waals surface area (Å²) < 4.78 is 16.2. The minimum absolute atomic E-state index is 0.0164. The molecule has 0 aromatic heterocycles. The normalized spacial score (nSPS) is 15.8. The average molecular weight is 479 g/mol. The van der Waals surface area contributed by atoms with Crippen LogP contribution in [0.5, 0.6) is 11.5 Å². The lowest BCUT2D eigenvalue weighted by atomic mass is 10.1. The number of nitrogens with zero attached hydrogens (tertiary/aromatic N) is 1. The highest BCUT2D eigenvalue weighted by Crippen LogP contribution is 2.30. The average Bonchev–Trinajstić information content (AvgIpc) is 3.10. The van der Waals surface area contributed by atoms with E-state index in [2.05, 4.69) is 11.9 Å². The van der Waals surface area contributed by atoms with Crippen LogP contribution >= 0.6 is 0 Å². The van der Waals surface area contributed by atoms with E-state index in [-0.39, 0.29) is 36.4 Å². The summed E-state index contributed by atoms with van der Waals surface area (Å²) in [5.41, 5.74) is 0.211. The SMILES string of the molecule is C=CCN1C(=O)c2ccc(C(=O)OCC(=O)NC(=O)NCC3COc4ccccc4O3)cc2C1=O. The molecule has 2 N–H and O–H groups in total. The highest BCUT2D eigenvalue weighted by atomic mass is 16.6. The molecule has 2 aromatic carbocycles. The number of carbonyl (C=O) groups excluding carboxylic acids is 5. The molecule has 2 aromatic rings. The maximum atomic E-state index is 12.4. The van der Waals surface area contributed by atoms with Crippen LogP contribution in [-0.2, 0) is 9.53 Å². The zero-order valence-electron chi connectivity index (χ0n) is 18.4. The molecule has 2 aliphatic rings. The second-order valence-corrected chi connectivity index (χ2v) is 7.60. The van der Waals surface area contributed by atoms with Gasteiger partial charge in [-0.1, -0.05) is 18.2 Å². The number of hydrogen-bond acceptors (Lipinski definition) is 8. The van der Waals surface area contributed by atoms with Crippen LogP contribution in [-0.4, -0.2) is 67.0 Å². The Morgan fingerprint density at radius 2 is 1.83 bits per heavy atom. The first-order valence-electron chi connectivity index (χ1n) is 10.6. The zero-order valence-corrected chi connectivity index (χ0v) is 18.4. The van der Waals surface area contributed by atoms with Crippen LogP contribution in [0.15, 0.2) is 55.1 Å². The van der Waals surface area contributed by atoms with Crippen LogP contribution in [0.1, 0.15) is 31.1 Å². The first kappa shape index (κ1) is 23.5. The molecule has 0 aliphatic carbocycles. The largest absolute Gasteiger partial charge is 0.486 e. The standard InChI is InChI=1S/C24H21N3O8/c1-2-9-27-21(29)16-8-7-14(10-17(16)22(27)30)23(31)34-13-20(28)26-24(32)25-11-15-12-33-18-5-3-4-6-19(18)35-15/h2-8,10,15H,1,9,11-13H2,(H2,25,26,28,32). The molecule has 180 valence electrons. The predicted molar refractivity (Wildman–Crippen MR) is 120 cm³/mol. The second-order valence-electron chi connectivity index (χ2n) is 7.60. The molecule has 4 rings (SSSR count). The fourth-order valence-electron chi connectivity index (χ4n) is 3.50. The summed E-state index contributed by atoms with van der Waals surface area (Å²) in [4.78, 5) is 61.9. The predicted octanol–water partition coefficient (Wildman–Crippen LogP) is 1.29. The Morgan fingerprint density at radius 3 is 2.60 bits per heavy atom. The quantitative estimate of drug-likeness (QED) is 0.344. The maximum absolute atomic E-state index is 12.4. The molecular weight excluding hydrogens is 458 g/mol. The number of rotatable bonds is 7. The minimum atomic E-state index is -0.891. The lowest BCUT2D eigenvalue weighted by Crippen LogP contribution is -2.46. The Hall–Kier alpha value is -4.67. The monoisotopic (exact) mass is 479 g/mol. The maximum Gasteiger partial charge on any atom is 0.338 e. The van der Waals surface area contributed by atoms with E-state index in [9.17, 15) is 24.0 Å². The van der Waals surface area contributed by atoms with E-state index in [1.807, 2.05) is 11.4 Å². The Kier molecular flexibility index (Phi) is 6.76. The summed E-state index contributed by atoms with van der Waals surface area (Å²) in [5, 5.41) is 4.53. The molecule has 0 radical (unpaired) electrons. The molecule has 1 atom stereocenters. The van der Waals surface area contributed by atoms with Crippen molar-refractivity contribution in [1.29, 1.82) is 0 Å². The number of hydrogen-bond donors (Lipinski definition) is 2. The molecule has 0 fully saturated rings. The molecule has 5 amide bonds. The molecule has 2 aliphatic heterocycles. The number of amides is 5. The molecule has 0 saturated carbocycles. The van der Waals surface area contributed by atoms with E-state index >= 15 is 0 Å². The van der Waals surface area contributed by atoms with Gasteiger partial charge in [-0.3, -0.25) is 24.6 Å². The molecular formula is C24H21N3O8. The molecule has 0 saturated heterocycles. The van der Waals surface area contributed by atoms with Crippen LogP contribution in [0, 0.1) is 0 Å². The van der Waals surface area contributed by atoms with Gasteiger partial charge in [0.25, 0.3) is 17.7 Å². The highest BCUT2D eigenvalue weighted by Gasteiger charge is 2.35. The zero-order chi connectivity index (χ0) is 24.9. The van der Waals surface area contributed by atoms with Crippen molar-refractivity contribution >= 4 is 29.7 Å². The van der Waals surface area contributed by atoms with Crippen molar-refractivity contribution < 1.29 is 38.2 Å². The first-order chi connectivity index (χ1) is 16.9. The van der Waals surface area contributed by atoms with Gasteiger partial charge in [0.2, 0.25) is 0 Å². The van der Waals surface area contributed by atoms with Gasteiger partial charge in [-0.25, -0.2) is 9.59 Å². The third kappa shape index (κ3) is 5.13. The van der Waals surface area contributed by atoms with Gasteiger partial charge in [0.05, 0.1) is 23.2 Å². The summed E-state index contributed by atoms with van der Waals surface area (Å²) >= 11 is 0. The van der Waals surface area contributed by atoms with Crippen LogP contribution in [0.4, 0.5) is 4.79 Å². The van der Waals surface area contributed by atoms with Crippen LogP contribution in [0.2, 0.25) is 0 Å². The number of fused-ring (bicyclic) bond motifs is 2. The number of esters is 1. The van der Waals surface area contributed by atoms with Gasteiger partial charge in [0, 0.05) is 6.54 Å². The van der Waals surface area contributed by atoms with E-state index in [1.165, 1.54) is 24.3 Å². The smallest absolute Gasteiger partial charge is 0.338 e. The van der Waals surface area contributed by atoms with Gasteiger partial charge in [-0.05, 0) is 30.3 Å². The van der Waals surface area contributed by atoms with Crippen LogP contribution < -0.4 is 20.1 Å². The van der Waals surface area contributed by atoms with Crippen LogP contribution in [0.25, 0.3) is 0 Å². The number of ether oxygens (including phenoxy) is 3. The van der Waals surface area contributed by atoms with Gasteiger partial charge in [0.1, 0.15) is 6.61 Å². The molecule has 35 heavy (non-hydrogen) atoms. The van der Waals surface area contributed by atoms with Crippen molar-refractivity contribution in [1.82, 2.24) is 15.5 Å². The van der Waals surface area contributed by atoms with Gasteiger partial charge in [-0.15, -0.1) is 6.58 Å². The molecule has 11 heteroatoms. The Balaban J connectivity index is 1.23. The van der Waals surface area contributed by atoms with Crippen molar-refractivity contribution in [3.63, 3.8) is 0 Å². The summed E-state index contributed by atoms with van der Waals surface area (Å²) in [7, 11) is 0. The third-order valence-electron chi connectivity index (χ3n) is 5.16. The summed E-state index contributed by atoms with van der Waals surface area (Å²) in [6, 6.07) is 10.2. The van der Waals surface area contributed by atoms with Crippen molar-refractivity contribution in [2.24, 2.45) is 0 Å².